The number of rotatable bonds is 4. The highest BCUT2D eigenvalue weighted by Crippen LogP contribution is 2.28. The summed E-state index contributed by atoms with van der Waals surface area (Å²) in [5, 5.41) is 0.441. The molecule has 0 saturated heterocycles. The summed E-state index contributed by atoms with van der Waals surface area (Å²) in [6.07, 6.45) is 1.44. The predicted octanol–water partition coefficient (Wildman–Crippen LogP) is 2.29. The van der Waals surface area contributed by atoms with E-state index in [2.05, 4.69) is 4.98 Å². The van der Waals surface area contributed by atoms with Gasteiger partial charge in [-0.05, 0) is 25.1 Å². The van der Waals surface area contributed by atoms with Crippen LogP contribution >= 0.6 is 11.6 Å². The first-order valence-corrected chi connectivity index (χ1v) is 6.30. The molecule has 0 aliphatic rings. The van der Waals surface area contributed by atoms with Gasteiger partial charge in [0, 0.05) is 0 Å². The maximum atomic E-state index is 11.7. The van der Waals surface area contributed by atoms with Gasteiger partial charge >= 0.3 is 5.97 Å². The molecule has 2 N–H and O–H groups in total. The summed E-state index contributed by atoms with van der Waals surface area (Å²) in [4.78, 5) is 15.6. The van der Waals surface area contributed by atoms with Crippen molar-refractivity contribution in [1.82, 2.24) is 9.55 Å². The van der Waals surface area contributed by atoms with Crippen molar-refractivity contribution in [3.8, 4) is 11.4 Å². The Labute approximate surface area is 121 Å². The number of anilines is 1. The lowest BCUT2D eigenvalue weighted by Crippen LogP contribution is -2.09. The van der Waals surface area contributed by atoms with Gasteiger partial charge in [0.2, 0.25) is 0 Å². The van der Waals surface area contributed by atoms with Crippen molar-refractivity contribution < 1.29 is 14.3 Å². The Bertz CT molecular complexity index is 640. The Balaban J connectivity index is 2.39. The first kappa shape index (κ1) is 14.2. The smallest absolute Gasteiger partial charge is 0.360 e. The molecule has 7 heteroatoms. The Morgan fingerprint density at radius 2 is 2.25 bits per heavy atom. The zero-order valence-corrected chi connectivity index (χ0v) is 11.8. The van der Waals surface area contributed by atoms with E-state index in [0.29, 0.717) is 16.5 Å². The summed E-state index contributed by atoms with van der Waals surface area (Å²) in [5.41, 5.74) is 6.67. The van der Waals surface area contributed by atoms with Gasteiger partial charge in [0.1, 0.15) is 17.9 Å². The van der Waals surface area contributed by atoms with Gasteiger partial charge in [0.05, 0.1) is 24.4 Å². The van der Waals surface area contributed by atoms with E-state index in [9.17, 15) is 4.79 Å². The quantitative estimate of drug-likeness (QED) is 0.876. The topological polar surface area (TPSA) is 79.4 Å². The molecule has 0 atom stereocenters. The number of nitrogens with two attached hydrogens (primary N) is 1. The number of esters is 1. The second-order valence-electron chi connectivity index (χ2n) is 3.89. The maximum Gasteiger partial charge on any atom is 0.360 e. The second kappa shape index (κ2) is 5.83. The molecule has 0 saturated carbocycles. The van der Waals surface area contributed by atoms with E-state index >= 15 is 0 Å². The van der Waals surface area contributed by atoms with Crippen LogP contribution in [-0.4, -0.2) is 29.2 Å². The first-order chi connectivity index (χ1) is 9.58. The molecular formula is C13H14ClN3O3. The molecule has 0 fully saturated rings. The standard InChI is InChI=1S/C13H14ClN3O3/c1-3-20-13(18)11-12(15)17(7-16-11)8-4-5-10(19-2)9(14)6-8/h4-7H,3,15H2,1-2H3. The molecule has 0 spiro atoms. The van der Waals surface area contributed by atoms with E-state index in [-0.39, 0.29) is 18.1 Å². The number of ether oxygens (including phenoxy) is 2. The van der Waals surface area contributed by atoms with Crippen LogP contribution in [0.1, 0.15) is 17.4 Å². The molecule has 0 aliphatic heterocycles. The number of carbonyl (C=O) groups is 1. The minimum atomic E-state index is -0.552. The van der Waals surface area contributed by atoms with Crippen LogP contribution in [0.15, 0.2) is 24.5 Å². The fourth-order valence-corrected chi connectivity index (χ4v) is 1.98. The van der Waals surface area contributed by atoms with Gasteiger partial charge in [0.25, 0.3) is 0 Å². The highest BCUT2D eigenvalue weighted by molar-refractivity contribution is 6.32. The third-order valence-electron chi connectivity index (χ3n) is 2.69. The lowest BCUT2D eigenvalue weighted by molar-refractivity contribution is 0.0521. The first-order valence-electron chi connectivity index (χ1n) is 5.92. The third-order valence-corrected chi connectivity index (χ3v) is 2.98. The summed E-state index contributed by atoms with van der Waals surface area (Å²) in [6.45, 7) is 1.98. The van der Waals surface area contributed by atoms with Gasteiger partial charge in [-0.1, -0.05) is 11.6 Å². The average Bonchev–Trinajstić information content (AvgIpc) is 2.81. The molecule has 1 aromatic heterocycles. The minimum absolute atomic E-state index is 0.0822. The molecule has 0 aliphatic carbocycles. The lowest BCUT2D eigenvalue weighted by atomic mass is 10.3. The maximum absolute atomic E-state index is 11.7. The number of nitrogen functional groups attached to an aromatic ring is 1. The molecule has 106 valence electrons. The van der Waals surface area contributed by atoms with Crippen LogP contribution in [0.3, 0.4) is 0 Å². The molecule has 0 amide bonds. The zero-order chi connectivity index (χ0) is 14.7. The number of carbonyl (C=O) groups excluding carboxylic acids is 1. The molecule has 1 heterocycles. The van der Waals surface area contributed by atoms with Crippen molar-refractivity contribution >= 4 is 23.4 Å². The molecular weight excluding hydrogens is 282 g/mol. The fraction of sp³-hybridized carbons (Fsp3) is 0.231. The largest absolute Gasteiger partial charge is 0.495 e. The number of hydrogen-bond acceptors (Lipinski definition) is 5. The van der Waals surface area contributed by atoms with E-state index in [1.165, 1.54) is 13.4 Å². The van der Waals surface area contributed by atoms with Gasteiger partial charge in [-0.15, -0.1) is 0 Å². The van der Waals surface area contributed by atoms with E-state index < -0.39 is 5.97 Å². The highest BCUT2D eigenvalue weighted by atomic mass is 35.5. The molecule has 0 radical (unpaired) electrons. The van der Waals surface area contributed by atoms with Crippen molar-refractivity contribution in [2.24, 2.45) is 0 Å². The Morgan fingerprint density at radius 1 is 1.50 bits per heavy atom. The number of methoxy groups -OCH3 is 1. The number of nitrogens with zero attached hydrogens (tertiary/aromatic N) is 2. The summed E-state index contributed by atoms with van der Waals surface area (Å²) in [5.74, 6) is 0.202. The van der Waals surface area contributed by atoms with Crippen molar-refractivity contribution in [3.05, 3.63) is 35.2 Å². The number of benzene rings is 1. The number of hydrogen-bond donors (Lipinski definition) is 1. The van der Waals surface area contributed by atoms with Crippen LogP contribution in [0.4, 0.5) is 5.82 Å². The molecule has 2 aromatic rings. The summed E-state index contributed by atoms with van der Waals surface area (Å²) >= 11 is 6.06. The number of aromatic nitrogens is 2. The van der Waals surface area contributed by atoms with Gasteiger partial charge < -0.3 is 15.2 Å². The second-order valence-corrected chi connectivity index (χ2v) is 4.29. The van der Waals surface area contributed by atoms with E-state index in [0.717, 1.165) is 0 Å². The third kappa shape index (κ3) is 2.55. The van der Waals surface area contributed by atoms with Gasteiger partial charge in [-0.25, -0.2) is 9.78 Å². The van der Waals surface area contributed by atoms with Crippen molar-refractivity contribution in [2.45, 2.75) is 6.92 Å². The van der Waals surface area contributed by atoms with Crippen molar-refractivity contribution in [3.63, 3.8) is 0 Å². The minimum Gasteiger partial charge on any atom is -0.495 e. The van der Waals surface area contributed by atoms with Gasteiger partial charge in [0.15, 0.2) is 5.69 Å². The Morgan fingerprint density at radius 3 is 2.85 bits per heavy atom. The van der Waals surface area contributed by atoms with Gasteiger partial charge in [-0.2, -0.15) is 0 Å². The summed E-state index contributed by atoms with van der Waals surface area (Å²) in [7, 11) is 1.53. The molecule has 1 aromatic carbocycles. The van der Waals surface area contributed by atoms with E-state index in [4.69, 9.17) is 26.8 Å². The molecule has 2 rings (SSSR count). The van der Waals surface area contributed by atoms with Crippen LogP contribution in [0.5, 0.6) is 5.75 Å². The lowest BCUT2D eigenvalue weighted by Gasteiger charge is -2.08. The monoisotopic (exact) mass is 295 g/mol. The van der Waals surface area contributed by atoms with Crippen molar-refractivity contribution in [1.29, 1.82) is 0 Å². The predicted molar refractivity (Wildman–Crippen MR) is 75.5 cm³/mol. The van der Waals surface area contributed by atoms with Gasteiger partial charge in [-0.3, -0.25) is 4.57 Å². The Kier molecular flexibility index (Phi) is 4.14. The number of halogens is 1. The van der Waals surface area contributed by atoms with Crippen molar-refractivity contribution in [2.75, 3.05) is 19.5 Å². The summed E-state index contributed by atoms with van der Waals surface area (Å²) < 4.78 is 11.5. The normalized spacial score (nSPS) is 10.3. The van der Waals surface area contributed by atoms with Crippen LogP contribution in [0, 0.1) is 0 Å². The molecule has 0 bridgehead atoms. The van der Waals surface area contributed by atoms with E-state index in [1.807, 2.05) is 0 Å². The van der Waals surface area contributed by atoms with E-state index in [1.54, 1.807) is 29.7 Å². The van der Waals surface area contributed by atoms with Crippen LogP contribution < -0.4 is 10.5 Å². The summed E-state index contributed by atoms with van der Waals surface area (Å²) in [6, 6.07) is 5.15. The fourth-order valence-electron chi connectivity index (χ4n) is 1.73. The highest BCUT2D eigenvalue weighted by Gasteiger charge is 2.18. The van der Waals surface area contributed by atoms with Crippen LogP contribution in [-0.2, 0) is 4.74 Å². The zero-order valence-electron chi connectivity index (χ0n) is 11.1. The molecule has 20 heavy (non-hydrogen) atoms. The van der Waals surface area contributed by atoms with Crippen LogP contribution in [0.25, 0.3) is 5.69 Å². The SMILES string of the molecule is CCOC(=O)c1ncn(-c2ccc(OC)c(Cl)c2)c1N. The Hall–Kier alpha value is -2.21. The molecule has 6 nitrogen and oxygen atoms in total. The number of imidazole rings is 1. The average molecular weight is 296 g/mol. The van der Waals surface area contributed by atoms with Crippen LogP contribution in [0.2, 0.25) is 5.02 Å². The molecule has 0 unspecified atom stereocenters.